The van der Waals surface area contributed by atoms with E-state index >= 15 is 0 Å². The molecule has 0 atom stereocenters. The monoisotopic (exact) mass is 313 g/mol. The van der Waals surface area contributed by atoms with Gasteiger partial charge < -0.3 is 15.1 Å². The lowest BCUT2D eigenvalue weighted by Crippen LogP contribution is -2.19. The Labute approximate surface area is 126 Å². The van der Waals surface area contributed by atoms with E-state index in [1.54, 1.807) is 24.5 Å². The van der Waals surface area contributed by atoms with Gasteiger partial charge in [0, 0.05) is 25.1 Å². The van der Waals surface area contributed by atoms with Gasteiger partial charge in [-0.05, 0) is 12.1 Å². The van der Waals surface area contributed by atoms with Crippen molar-refractivity contribution in [3.63, 3.8) is 0 Å². The van der Waals surface area contributed by atoms with Crippen molar-refractivity contribution in [3.8, 4) is 0 Å². The van der Waals surface area contributed by atoms with Gasteiger partial charge in [0.25, 0.3) is 0 Å². The number of hydrogen-bond acceptors (Lipinski definition) is 7. The Bertz CT molecular complexity index is 577. The number of halogens is 1. The van der Waals surface area contributed by atoms with Crippen LogP contribution in [0.25, 0.3) is 0 Å². The number of nitrogens with one attached hydrogen (secondary N) is 1. The first-order valence-electron chi connectivity index (χ1n) is 5.91. The van der Waals surface area contributed by atoms with Crippen LogP contribution in [0.15, 0.2) is 18.2 Å². The summed E-state index contributed by atoms with van der Waals surface area (Å²) in [7, 11) is 3.55. The molecule has 2 aromatic heterocycles. The molecular formula is C12H16ClN5OS. The molecule has 8 heteroatoms. The number of rotatable bonds is 6. The predicted octanol–water partition coefficient (Wildman–Crippen LogP) is 2.26. The van der Waals surface area contributed by atoms with E-state index < -0.39 is 0 Å². The van der Waals surface area contributed by atoms with Crippen molar-refractivity contribution in [1.29, 1.82) is 0 Å². The summed E-state index contributed by atoms with van der Waals surface area (Å²) in [4.78, 5) is 11.8. The van der Waals surface area contributed by atoms with Crippen LogP contribution in [0.3, 0.4) is 0 Å². The molecule has 6 nitrogen and oxygen atoms in total. The molecule has 0 amide bonds. The van der Waals surface area contributed by atoms with Crippen LogP contribution in [0, 0.1) is 0 Å². The summed E-state index contributed by atoms with van der Waals surface area (Å²) in [6.45, 7) is 1.05. The van der Waals surface area contributed by atoms with Crippen LogP contribution in [0.5, 0.6) is 0 Å². The minimum Gasteiger partial charge on any atom is -0.377 e. The predicted molar refractivity (Wildman–Crippen MR) is 82.0 cm³/mol. The lowest BCUT2D eigenvalue weighted by atomic mass is 10.4. The third-order valence-corrected chi connectivity index (χ3v) is 3.81. The van der Waals surface area contributed by atoms with E-state index in [1.807, 2.05) is 24.1 Å². The first kappa shape index (κ1) is 15.0. The molecule has 0 saturated carbocycles. The van der Waals surface area contributed by atoms with Crippen LogP contribution in [-0.4, -0.2) is 24.1 Å². The van der Waals surface area contributed by atoms with Crippen LogP contribution >= 0.6 is 22.9 Å². The second-order valence-electron chi connectivity index (χ2n) is 4.17. The largest absolute Gasteiger partial charge is 0.377 e. The van der Waals surface area contributed by atoms with E-state index in [1.165, 1.54) is 0 Å². The molecule has 20 heavy (non-hydrogen) atoms. The van der Waals surface area contributed by atoms with Gasteiger partial charge in [0.15, 0.2) is 5.82 Å². The van der Waals surface area contributed by atoms with Crippen LogP contribution in [0.4, 0.5) is 11.6 Å². The molecule has 2 rings (SSSR count). The van der Waals surface area contributed by atoms with Gasteiger partial charge in [0.1, 0.15) is 18.2 Å². The maximum absolute atomic E-state index is 5.94. The molecule has 0 aliphatic heterocycles. The maximum atomic E-state index is 5.94. The Morgan fingerprint density at radius 2 is 2.25 bits per heavy atom. The number of aromatic nitrogens is 2. The topological polar surface area (TPSA) is 76.3 Å². The third-order valence-electron chi connectivity index (χ3n) is 2.59. The second-order valence-corrected chi connectivity index (χ2v) is 5.97. The Hall–Kier alpha value is -1.41. The van der Waals surface area contributed by atoms with Gasteiger partial charge in [0.2, 0.25) is 0 Å². The van der Waals surface area contributed by atoms with Gasteiger partial charge in [-0.1, -0.05) is 11.6 Å². The highest BCUT2D eigenvalue weighted by Gasteiger charge is 2.10. The SMILES string of the molecule is COCc1nc(NN)cc(N(C)Cc2ccc(Cl)s2)n1. The van der Waals surface area contributed by atoms with Crippen molar-refractivity contribution in [2.24, 2.45) is 5.84 Å². The smallest absolute Gasteiger partial charge is 0.158 e. The Morgan fingerprint density at radius 1 is 1.45 bits per heavy atom. The number of hydrogen-bond donors (Lipinski definition) is 2. The molecule has 0 spiro atoms. The van der Waals surface area contributed by atoms with E-state index in [0.717, 1.165) is 15.0 Å². The van der Waals surface area contributed by atoms with Crippen molar-refractivity contribution in [1.82, 2.24) is 9.97 Å². The van der Waals surface area contributed by atoms with Crippen molar-refractivity contribution in [2.45, 2.75) is 13.2 Å². The lowest BCUT2D eigenvalue weighted by molar-refractivity contribution is 0.178. The molecule has 0 aliphatic carbocycles. The minimum atomic E-state index is 0.335. The zero-order chi connectivity index (χ0) is 14.5. The number of nitrogen functional groups attached to an aromatic ring is 1. The van der Waals surface area contributed by atoms with E-state index in [9.17, 15) is 0 Å². The molecule has 0 aliphatic rings. The first-order chi connectivity index (χ1) is 9.62. The van der Waals surface area contributed by atoms with Crippen molar-refractivity contribution in [2.75, 3.05) is 24.5 Å². The molecule has 0 unspecified atom stereocenters. The number of ether oxygens (including phenoxy) is 1. The molecular weight excluding hydrogens is 298 g/mol. The number of anilines is 2. The standard InChI is InChI=1S/C12H16ClN5OS/c1-18(6-8-3-4-9(13)20-8)12-5-10(17-14)15-11(16-12)7-19-2/h3-5H,6-7,14H2,1-2H3,(H,15,16,17). The summed E-state index contributed by atoms with van der Waals surface area (Å²) in [5.74, 6) is 7.32. The number of nitrogens with two attached hydrogens (primary N) is 1. The normalized spacial score (nSPS) is 10.6. The van der Waals surface area contributed by atoms with Gasteiger partial charge in [-0.25, -0.2) is 15.8 Å². The summed E-state index contributed by atoms with van der Waals surface area (Å²) in [5.41, 5.74) is 2.54. The lowest BCUT2D eigenvalue weighted by Gasteiger charge is -2.18. The summed E-state index contributed by atoms with van der Waals surface area (Å²) >= 11 is 7.49. The summed E-state index contributed by atoms with van der Waals surface area (Å²) in [5, 5.41) is 0. The van der Waals surface area contributed by atoms with E-state index in [2.05, 4.69) is 15.4 Å². The highest BCUT2D eigenvalue weighted by atomic mass is 35.5. The molecule has 3 N–H and O–H groups in total. The number of nitrogens with zero attached hydrogens (tertiary/aromatic N) is 3. The Balaban J connectivity index is 2.19. The fourth-order valence-corrected chi connectivity index (χ4v) is 2.84. The van der Waals surface area contributed by atoms with Crippen molar-refractivity contribution in [3.05, 3.63) is 33.2 Å². The molecule has 2 heterocycles. The highest BCUT2D eigenvalue weighted by Crippen LogP contribution is 2.24. The summed E-state index contributed by atoms with van der Waals surface area (Å²) < 4.78 is 5.83. The van der Waals surface area contributed by atoms with Crippen molar-refractivity contribution >= 4 is 34.6 Å². The Morgan fingerprint density at radius 3 is 2.85 bits per heavy atom. The minimum absolute atomic E-state index is 0.335. The van der Waals surface area contributed by atoms with Gasteiger partial charge >= 0.3 is 0 Å². The zero-order valence-electron chi connectivity index (χ0n) is 11.3. The molecule has 0 bridgehead atoms. The van der Waals surface area contributed by atoms with Crippen LogP contribution in [0.1, 0.15) is 10.7 Å². The van der Waals surface area contributed by atoms with Crippen LogP contribution in [-0.2, 0) is 17.9 Å². The molecule has 0 fully saturated rings. The molecule has 0 radical (unpaired) electrons. The number of methoxy groups -OCH3 is 1. The average molecular weight is 314 g/mol. The third kappa shape index (κ3) is 3.80. The highest BCUT2D eigenvalue weighted by molar-refractivity contribution is 7.16. The first-order valence-corrected chi connectivity index (χ1v) is 7.10. The second kappa shape index (κ2) is 6.85. The number of thiophene rings is 1. The van der Waals surface area contributed by atoms with Gasteiger partial charge in [-0.3, -0.25) is 0 Å². The van der Waals surface area contributed by atoms with Gasteiger partial charge in [0.05, 0.1) is 10.9 Å². The maximum Gasteiger partial charge on any atom is 0.158 e. The molecule has 108 valence electrons. The van der Waals surface area contributed by atoms with Crippen molar-refractivity contribution < 1.29 is 4.74 Å². The molecule has 0 saturated heterocycles. The average Bonchev–Trinajstić information content (AvgIpc) is 2.84. The summed E-state index contributed by atoms with van der Waals surface area (Å²) in [6, 6.07) is 5.68. The van der Waals surface area contributed by atoms with Crippen LogP contribution < -0.4 is 16.2 Å². The zero-order valence-corrected chi connectivity index (χ0v) is 12.8. The van der Waals surface area contributed by atoms with Gasteiger partial charge in [-0.15, -0.1) is 11.3 Å². The molecule has 2 aromatic rings. The van der Waals surface area contributed by atoms with Gasteiger partial charge in [-0.2, -0.15) is 0 Å². The van der Waals surface area contributed by atoms with Crippen LogP contribution in [0.2, 0.25) is 4.34 Å². The fraction of sp³-hybridized carbons (Fsp3) is 0.333. The van der Waals surface area contributed by atoms with E-state index in [0.29, 0.717) is 24.8 Å². The Kier molecular flexibility index (Phi) is 5.13. The number of hydrazine groups is 1. The quantitative estimate of drug-likeness (QED) is 0.629. The fourth-order valence-electron chi connectivity index (χ4n) is 1.70. The van der Waals surface area contributed by atoms with E-state index in [-0.39, 0.29) is 0 Å². The van der Waals surface area contributed by atoms with E-state index in [4.69, 9.17) is 22.2 Å². The summed E-state index contributed by atoms with van der Waals surface area (Å²) in [6.07, 6.45) is 0. The molecule has 0 aromatic carbocycles.